The van der Waals surface area contributed by atoms with E-state index in [1.807, 2.05) is 24.3 Å². The minimum atomic E-state index is -0.458. The Hall–Kier alpha value is -3.67. The fraction of sp³-hybridized carbons (Fsp3) is 0.390. The van der Waals surface area contributed by atoms with Gasteiger partial charge in [-0.15, -0.1) is 0 Å². The SMILES string of the molecule is COCCOCO[C@@H]1[C@@H](OCOCCOC)[C@@H](Cc2ccccc2)N(Cc2ccccc2)C(=S)N(Cc2ccccc2)[C@@H]1Cc1ccccc1. The van der Waals surface area contributed by atoms with Crippen molar-refractivity contribution in [1.82, 2.24) is 9.80 Å². The van der Waals surface area contributed by atoms with E-state index in [-0.39, 0.29) is 25.7 Å². The van der Waals surface area contributed by atoms with Crippen LogP contribution in [0.25, 0.3) is 0 Å². The summed E-state index contributed by atoms with van der Waals surface area (Å²) in [5, 5.41) is 0.750. The molecule has 50 heavy (non-hydrogen) atoms. The molecule has 9 heteroatoms. The molecule has 4 aromatic rings. The predicted octanol–water partition coefficient (Wildman–Crippen LogP) is 6.52. The van der Waals surface area contributed by atoms with Gasteiger partial charge in [0.25, 0.3) is 0 Å². The van der Waals surface area contributed by atoms with Crippen molar-refractivity contribution in [2.75, 3.05) is 54.2 Å². The summed E-state index contributed by atoms with van der Waals surface area (Å²) in [4.78, 5) is 4.68. The number of hydrogen-bond acceptors (Lipinski definition) is 7. The van der Waals surface area contributed by atoms with E-state index in [4.69, 9.17) is 40.6 Å². The summed E-state index contributed by atoms with van der Waals surface area (Å²) < 4.78 is 36.1. The van der Waals surface area contributed by atoms with Gasteiger partial charge in [-0.1, -0.05) is 121 Å². The molecule has 0 aromatic heterocycles. The Balaban J connectivity index is 1.64. The largest absolute Gasteiger partial charge is 0.382 e. The molecule has 1 saturated heterocycles. The van der Waals surface area contributed by atoms with Gasteiger partial charge in [-0.3, -0.25) is 0 Å². The number of methoxy groups -OCH3 is 2. The molecule has 0 amide bonds. The van der Waals surface area contributed by atoms with Crippen LogP contribution in [0.1, 0.15) is 22.3 Å². The van der Waals surface area contributed by atoms with E-state index in [1.165, 1.54) is 11.1 Å². The second kappa shape index (κ2) is 20.9. The molecule has 5 rings (SSSR count). The minimum absolute atomic E-state index is 0.0758. The molecule has 1 heterocycles. The Labute approximate surface area is 302 Å². The molecule has 4 atom stereocenters. The minimum Gasteiger partial charge on any atom is -0.382 e. The van der Waals surface area contributed by atoms with E-state index in [9.17, 15) is 0 Å². The molecule has 8 nitrogen and oxygen atoms in total. The van der Waals surface area contributed by atoms with Gasteiger partial charge in [0.1, 0.15) is 25.8 Å². The zero-order valence-electron chi connectivity index (χ0n) is 29.2. The highest BCUT2D eigenvalue weighted by Gasteiger charge is 2.47. The van der Waals surface area contributed by atoms with Crippen LogP contribution in [-0.2, 0) is 54.4 Å². The molecule has 1 aliphatic heterocycles. The first-order chi connectivity index (χ1) is 24.7. The van der Waals surface area contributed by atoms with Gasteiger partial charge in [-0.25, -0.2) is 0 Å². The van der Waals surface area contributed by atoms with Gasteiger partial charge in [-0.05, 0) is 47.3 Å². The lowest BCUT2D eigenvalue weighted by molar-refractivity contribution is -0.192. The molecule has 0 unspecified atom stereocenters. The number of nitrogens with zero attached hydrogens (tertiary/aromatic N) is 2. The molecule has 0 spiro atoms. The van der Waals surface area contributed by atoms with Crippen molar-refractivity contribution in [3.05, 3.63) is 144 Å². The molecular formula is C41H50N2O6S. The highest BCUT2D eigenvalue weighted by Crippen LogP contribution is 2.33. The standard InChI is InChI=1S/C41H50N2O6S/c1-44-23-25-46-31-48-39-37(27-33-15-7-3-8-16-33)42(29-35-19-11-5-12-20-35)41(50)43(30-36-21-13-6-14-22-36)38(28-34-17-9-4-10-18-34)40(39)49-32-47-26-24-45-2/h3-22,37-40H,23-32H2,1-2H3/t37-,38-,39+,40+/m1/s1. The molecule has 1 aliphatic rings. The van der Waals surface area contributed by atoms with Crippen LogP contribution in [0.2, 0.25) is 0 Å². The number of rotatable bonds is 20. The Morgan fingerprint density at radius 3 is 1.16 bits per heavy atom. The van der Waals surface area contributed by atoms with Gasteiger partial charge >= 0.3 is 0 Å². The Kier molecular flexibility index (Phi) is 15.7. The van der Waals surface area contributed by atoms with Crippen molar-refractivity contribution >= 4 is 17.3 Å². The highest BCUT2D eigenvalue weighted by molar-refractivity contribution is 7.80. The molecule has 0 radical (unpaired) electrons. The van der Waals surface area contributed by atoms with E-state index in [1.54, 1.807) is 14.2 Å². The maximum Gasteiger partial charge on any atom is 0.172 e. The molecule has 1 fully saturated rings. The lowest BCUT2D eigenvalue weighted by Gasteiger charge is -2.39. The van der Waals surface area contributed by atoms with E-state index >= 15 is 0 Å². The smallest absolute Gasteiger partial charge is 0.172 e. The summed E-state index contributed by atoms with van der Waals surface area (Å²) in [7, 11) is 3.33. The molecule has 4 aromatic carbocycles. The van der Waals surface area contributed by atoms with Crippen LogP contribution in [0.15, 0.2) is 121 Å². The number of thiocarbonyl (C=S) groups is 1. The third-order valence-corrected chi connectivity index (χ3v) is 9.36. The molecular weight excluding hydrogens is 649 g/mol. The predicted molar refractivity (Wildman–Crippen MR) is 200 cm³/mol. The monoisotopic (exact) mass is 698 g/mol. The van der Waals surface area contributed by atoms with Crippen molar-refractivity contribution in [3.63, 3.8) is 0 Å². The second-order valence-corrected chi connectivity index (χ2v) is 12.7. The van der Waals surface area contributed by atoms with Gasteiger partial charge in [0.2, 0.25) is 0 Å². The average molecular weight is 699 g/mol. The molecule has 0 N–H and O–H groups in total. The van der Waals surface area contributed by atoms with Crippen molar-refractivity contribution in [1.29, 1.82) is 0 Å². The first-order valence-electron chi connectivity index (χ1n) is 17.3. The first-order valence-corrected chi connectivity index (χ1v) is 17.7. The van der Waals surface area contributed by atoms with Crippen LogP contribution in [0, 0.1) is 0 Å². The molecule has 0 saturated carbocycles. The van der Waals surface area contributed by atoms with Crippen molar-refractivity contribution in [3.8, 4) is 0 Å². The van der Waals surface area contributed by atoms with Crippen LogP contribution in [-0.4, -0.2) is 93.4 Å². The summed E-state index contributed by atoms with van der Waals surface area (Å²) >= 11 is 6.61. The number of hydrogen-bond donors (Lipinski definition) is 0. The topological polar surface area (TPSA) is 61.9 Å². The van der Waals surface area contributed by atoms with E-state index in [0.29, 0.717) is 52.4 Å². The Bertz CT molecular complexity index is 1390. The maximum atomic E-state index is 6.86. The van der Waals surface area contributed by atoms with Crippen molar-refractivity contribution in [2.24, 2.45) is 0 Å². The zero-order chi connectivity index (χ0) is 34.8. The van der Waals surface area contributed by atoms with E-state index in [0.717, 1.165) is 16.2 Å². The fourth-order valence-corrected chi connectivity index (χ4v) is 6.80. The Morgan fingerprint density at radius 1 is 0.480 bits per heavy atom. The summed E-state index contributed by atoms with van der Waals surface area (Å²) in [5.74, 6) is 0. The van der Waals surface area contributed by atoms with Crippen LogP contribution < -0.4 is 0 Å². The van der Waals surface area contributed by atoms with E-state index < -0.39 is 12.2 Å². The zero-order valence-corrected chi connectivity index (χ0v) is 30.0. The lowest BCUT2D eigenvalue weighted by Crippen LogP contribution is -2.53. The Morgan fingerprint density at radius 2 is 0.820 bits per heavy atom. The third kappa shape index (κ3) is 11.2. The van der Waals surface area contributed by atoms with Crippen molar-refractivity contribution < 1.29 is 28.4 Å². The summed E-state index contributed by atoms with van der Waals surface area (Å²) in [5.41, 5.74) is 4.67. The number of benzene rings is 4. The summed E-state index contributed by atoms with van der Waals surface area (Å²) in [6.45, 7) is 3.12. The summed E-state index contributed by atoms with van der Waals surface area (Å²) in [6.07, 6.45) is 0.441. The second-order valence-electron chi connectivity index (χ2n) is 12.3. The van der Waals surface area contributed by atoms with Crippen LogP contribution in [0.3, 0.4) is 0 Å². The van der Waals surface area contributed by atoms with Gasteiger partial charge in [0, 0.05) is 27.3 Å². The normalized spacial score (nSPS) is 19.4. The molecule has 0 bridgehead atoms. The van der Waals surface area contributed by atoms with Gasteiger partial charge in [0.15, 0.2) is 5.11 Å². The highest BCUT2D eigenvalue weighted by atomic mass is 32.1. The quantitative estimate of drug-likeness (QED) is 0.0583. The number of ether oxygens (including phenoxy) is 6. The van der Waals surface area contributed by atoms with E-state index in [2.05, 4.69) is 107 Å². The average Bonchev–Trinajstić information content (AvgIpc) is 3.23. The molecule has 0 aliphatic carbocycles. The first kappa shape index (κ1) is 37.6. The van der Waals surface area contributed by atoms with Crippen LogP contribution in [0.4, 0.5) is 0 Å². The van der Waals surface area contributed by atoms with Gasteiger partial charge in [-0.2, -0.15) is 0 Å². The maximum absolute atomic E-state index is 6.86. The van der Waals surface area contributed by atoms with Crippen LogP contribution in [0.5, 0.6) is 0 Å². The van der Waals surface area contributed by atoms with Gasteiger partial charge < -0.3 is 38.2 Å². The third-order valence-electron chi connectivity index (χ3n) is 8.89. The lowest BCUT2D eigenvalue weighted by atomic mass is 9.90. The van der Waals surface area contributed by atoms with Crippen LogP contribution >= 0.6 is 12.2 Å². The fourth-order valence-electron chi connectivity index (χ4n) is 6.40. The molecule has 266 valence electrons. The van der Waals surface area contributed by atoms with Crippen molar-refractivity contribution in [2.45, 2.75) is 50.2 Å². The summed E-state index contributed by atoms with van der Waals surface area (Å²) in [6, 6.07) is 41.6. The van der Waals surface area contributed by atoms with Gasteiger partial charge in [0.05, 0.1) is 38.5 Å².